The topological polar surface area (TPSA) is 104 Å². The number of amides is 1. The quantitative estimate of drug-likeness (QED) is 0.524. The number of para-hydroxylation sites is 2. The van der Waals surface area contributed by atoms with Gasteiger partial charge in [0.2, 0.25) is 10.0 Å². The Balaban J connectivity index is 1.63. The molecular weight excluding hydrogens is 464 g/mol. The van der Waals surface area contributed by atoms with Gasteiger partial charge in [0.1, 0.15) is 5.82 Å². The third-order valence-electron chi connectivity index (χ3n) is 5.99. The van der Waals surface area contributed by atoms with Crippen LogP contribution in [0.25, 0.3) is 11.0 Å². The predicted octanol–water partition coefficient (Wildman–Crippen LogP) is 3.75. The fourth-order valence-corrected chi connectivity index (χ4v) is 5.47. The number of hydrogen-bond acceptors (Lipinski definition) is 5. The molecule has 0 bridgehead atoms. The van der Waals surface area contributed by atoms with E-state index in [2.05, 4.69) is 15.3 Å². The number of carbonyl (C=O) groups is 1. The van der Waals surface area contributed by atoms with Gasteiger partial charge in [-0.3, -0.25) is 4.79 Å². The Hall–Kier alpha value is -2.46. The van der Waals surface area contributed by atoms with Gasteiger partial charge in [0.15, 0.2) is 0 Å². The van der Waals surface area contributed by atoms with E-state index in [1.807, 2.05) is 38.1 Å². The fraction of sp³-hybridized carbons (Fsp3) is 0.391. The first kappa shape index (κ1) is 23.7. The molecule has 3 aromatic rings. The van der Waals surface area contributed by atoms with Crippen molar-refractivity contribution >= 4 is 38.6 Å². The smallest absolute Gasteiger partial charge is 0.253 e. The van der Waals surface area contributed by atoms with Gasteiger partial charge in [-0.05, 0) is 36.2 Å². The van der Waals surface area contributed by atoms with Gasteiger partial charge in [0, 0.05) is 13.1 Å². The van der Waals surface area contributed by atoms with Gasteiger partial charge in [0.05, 0.1) is 45.8 Å². The Morgan fingerprint density at radius 3 is 2.67 bits per heavy atom. The van der Waals surface area contributed by atoms with E-state index < -0.39 is 22.0 Å². The second-order valence-corrected chi connectivity index (χ2v) is 10.5. The second kappa shape index (κ2) is 9.80. The Bertz CT molecular complexity index is 1220. The lowest BCUT2D eigenvalue weighted by atomic mass is 9.98. The van der Waals surface area contributed by atoms with Crippen LogP contribution in [-0.4, -0.2) is 54.9 Å². The van der Waals surface area contributed by atoms with Crippen LogP contribution in [0.1, 0.15) is 42.5 Å². The molecule has 2 unspecified atom stereocenters. The van der Waals surface area contributed by atoms with Gasteiger partial charge in [-0.1, -0.05) is 44.0 Å². The summed E-state index contributed by atoms with van der Waals surface area (Å²) in [6.07, 6.45) is 0.807. The summed E-state index contributed by atoms with van der Waals surface area (Å²) < 4.78 is 32.7. The fourth-order valence-electron chi connectivity index (χ4n) is 3.83. The van der Waals surface area contributed by atoms with Crippen LogP contribution >= 0.6 is 11.6 Å². The lowest BCUT2D eigenvalue weighted by molar-refractivity contribution is 0.0730. The Kier molecular flexibility index (Phi) is 7.04. The molecule has 33 heavy (non-hydrogen) atoms. The normalized spacial score (nSPS) is 17.1. The van der Waals surface area contributed by atoms with Crippen LogP contribution in [0.5, 0.6) is 0 Å². The zero-order valence-electron chi connectivity index (χ0n) is 18.5. The van der Waals surface area contributed by atoms with Crippen molar-refractivity contribution in [2.24, 2.45) is 5.92 Å². The number of rotatable bonds is 7. The van der Waals surface area contributed by atoms with Crippen LogP contribution in [-0.2, 0) is 14.8 Å². The first-order valence-electron chi connectivity index (χ1n) is 10.9. The van der Waals surface area contributed by atoms with E-state index in [9.17, 15) is 13.2 Å². The Labute approximate surface area is 198 Å². The van der Waals surface area contributed by atoms with E-state index >= 15 is 0 Å². The number of imidazole rings is 1. The molecule has 4 rings (SSSR count). The number of aromatic amines is 1. The first-order valence-corrected chi connectivity index (χ1v) is 12.8. The molecule has 0 radical (unpaired) electrons. The number of morpholine rings is 1. The standard InChI is InChI=1S/C23H27ClN4O4S/c1-3-15(2)21(22-25-19-6-4-5-7-20(19)26-22)27-23(29)17-14-16(8-9-18(17)24)33(30,31)28-10-12-32-13-11-28/h4-9,14-15,21H,3,10-13H2,1-2H3,(H,25,26)(H,27,29). The van der Waals surface area contributed by atoms with Crippen molar-refractivity contribution in [1.82, 2.24) is 19.6 Å². The summed E-state index contributed by atoms with van der Waals surface area (Å²) in [4.78, 5) is 21.2. The molecular formula is C23H27ClN4O4S. The van der Waals surface area contributed by atoms with Crippen molar-refractivity contribution in [3.05, 3.63) is 58.9 Å². The molecule has 2 N–H and O–H groups in total. The van der Waals surface area contributed by atoms with E-state index in [0.29, 0.717) is 19.0 Å². The number of carbonyl (C=O) groups excluding carboxylic acids is 1. The monoisotopic (exact) mass is 490 g/mol. The average Bonchev–Trinajstić information content (AvgIpc) is 3.26. The predicted molar refractivity (Wildman–Crippen MR) is 127 cm³/mol. The molecule has 1 aliphatic heterocycles. The maximum Gasteiger partial charge on any atom is 0.253 e. The third kappa shape index (κ3) is 4.91. The number of sulfonamides is 1. The summed E-state index contributed by atoms with van der Waals surface area (Å²) >= 11 is 6.32. The summed E-state index contributed by atoms with van der Waals surface area (Å²) in [7, 11) is -3.76. The van der Waals surface area contributed by atoms with Gasteiger partial charge in [-0.2, -0.15) is 4.31 Å². The van der Waals surface area contributed by atoms with Crippen LogP contribution in [0.2, 0.25) is 5.02 Å². The zero-order chi connectivity index (χ0) is 23.6. The minimum atomic E-state index is -3.76. The first-order chi connectivity index (χ1) is 15.8. The molecule has 2 aromatic carbocycles. The van der Waals surface area contributed by atoms with Crippen molar-refractivity contribution in [2.45, 2.75) is 31.2 Å². The van der Waals surface area contributed by atoms with Crippen molar-refractivity contribution in [3.8, 4) is 0 Å². The maximum absolute atomic E-state index is 13.3. The molecule has 10 heteroatoms. The van der Waals surface area contributed by atoms with E-state index in [-0.39, 0.29) is 34.5 Å². The van der Waals surface area contributed by atoms with Crippen molar-refractivity contribution in [3.63, 3.8) is 0 Å². The van der Waals surface area contributed by atoms with Crippen LogP contribution in [0.3, 0.4) is 0 Å². The third-order valence-corrected chi connectivity index (χ3v) is 8.22. The van der Waals surface area contributed by atoms with Gasteiger partial charge in [0.25, 0.3) is 5.91 Å². The van der Waals surface area contributed by atoms with E-state index in [1.54, 1.807) is 0 Å². The van der Waals surface area contributed by atoms with Crippen molar-refractivity contribution in [1.29, 1.82) is 0 Å². The average molecular weight is 491 g/mol. The summed E-state index contributed by atoms with van der Waals surface area (Å²) in [5, 5.41) is 3.20. The molecule has 8 nitrogen and oxygen atoms in total. The van der Waals surface area contributed by atoms with E-state index in [0.717, 1.165) is 17.5 Å². The number of nitrogens with zero attached hydrogens (tertiary/aromatic N) is 2. The van der Waals surface area contributed by atoms with Crippen LogP contribution in [0.4, 0.5) is 0 Å². The van der Waals surface area contributed by atoms with Crippen molar-refractivity contribution in [2.75, 3.05) is 26.3 Å². The molecule has 0 aliphatic carbocycles. The Morgan fingerprint density at radius 1 is 1.24 bits per heavy atom. The molecule has 1 aliphatic rings. The number of H-pyrrole nitrogens is 1. The highest BCUT2D eigenvalue weighted by atomic mass is 35.5. The van der Waals surface area contributed by atoms with E-state index in [1.165, 1.54) is 22.5 Å². The van der Waals surface area contributed by atoms with Crippen LogP contribution < -0.4 is 5.32 Å². The van der Waals surface area contributed by atoms with Crippen molar-refractivity contribution < 1.29 is 17.9 Å². The van der Waals surface area contributed by atoms with E-state index in [4.69, 9.17) is 16.3 Å². The molecule has 0 spiro atoms. The second-order valence-electron chi connectivity index (χ2n) is 8.13. The molecule has 1 amide bonds. The summed E-state index contributed by atoms with van der Waals surface area (Å²) in [5.41, 5.74) is 1.80. The van der Waals surface area contributed by atoms with Gasteiger partial charge in [-0.15, -0.1) is 0 Å². The zero-order valence-corrected chi connectivity index (χ0v) is 20.1. The molecule has 2 atom stereocenters. The number of fused-ring (bicyclic) bond motifs is 1. The number of aromatic nitrogens is 2. The highest BCUT2D eigenvalue weighted by molar-refractivity contribution is 7.89. The highest BCUT2D eigenvalue weighted by Gasteiger charge is 2.29. The minimum absolute atomic E-state index is 0.0303. The molecule has 2 heterocycles. The minimum Gasteiger partial charge on any atom is -0.379 e. The molecule has 1 aromatic heterocycles. The van der Waals surface area contributed by atoms with Crippen LogP contribution in [0.15, 0.2) is 47.4 Å². The summed E-state index contributed by atoms with van der Waals surface area (Å²) in [6, 6.07) is 11.5. The SMILES string of the molecule is CCC(C)C(NC(=O)c1cc(S(=O)(=O)N2CCOCC2)ccc1Cl)c1nc2ccccc2[nH]1. The number of nitrogens with one attached hydrogen (secondary N) is 2. The molecule has 176 valence electrons. The van der Waals surface area contributed by atoms with Crippen LogP contribution in [0, 0.1) is 5.92 Å². The largest absolute Gasteiger partial charge is 0.379 e. The Morgan fingerprint density at radius 2 is 1.97 bits per heavy atom. The number of halogens is 1. The molecule has 1 saturated heterocycles. The lowest BCUT2D eigenvalue weighted by Crippen LogP contribution is -2.40. The maximum atomic E-state index is 13.3. The van der Waals surface area contributed by atoms with Gasteiger partial charge < -0.3 is 15.0 Å². The van der Waals surface area contributed by atoms with Gasteiger partial charge in [-0.25, -0.2) is 13.4 Å². The molecule has 0 saturated carbocycles. The highest BCUT2D eigenvalue weighted by Crippen LogP contribution is 2.28. The number of hydrogen-bond donors (Lipinski definition) is 2. The molecule has 1 fully saturated rings. The summed E-state index contributed by atoms with van der Waals surface area (Å²) in [5.74, 6) is 0.269. The summed E-state index contributed by atoms with van der Waals surface area (Å²) in [6.45, 7) is 5.29. The number of ether oxygens (including phenoxy) is 1. The van der Waals surface area contributed by atoms with Gasteiger partial charge >= 0.3 is 0 Å². The number of benzene rings is 2. The lowest BCUT2D eigenvalue weighted by Gasteiger charge is -2.26.